The summed E-state index contributed by atoms with van der Waals surface area (Å²) < 4.78 is 2.40. The highest BCUT2D eigenvalue weighted by atomic mass is 127. The third kappa shape index (κ3) is 2.54. The van der Waals surface area contributed by atoms with E-state index in [4.69, 9.17) is 5.73 Å². The van der Waals surface area contributed by atoms with Gasteiger partial charge >= 0.3 is 0 Å². The molecule has 0 saturated heterocycles. The Bertz CT molecular complexity index is 600. The van der Waals surface area contributed by atoms with E-state index in [0.717, 1.165) is 24.1 Å². The highest BCUT2D eigenvalue weighted by Gasteiger charge is 2.34. The van der Waals surface area contributed by atoms with Crippen LogP contribution in [0.15, 0.2) is 30.5 Å². The molecule has 0 spiro atoms. The molecule has 3 N–H and O–H groups in total. The Kier molecular flexibility index (Phi) is 3.93. The number of alkyl halides is 1. The fraction of sp³-hybridized carbons (Fsp3) is 0.429. The van der Waals surface area contributed by atoms with Gasteiger partial charge in [0.2, 0.25) is 0 Å². The van der Waals surface area contributed by atoms with Crippen molar-refractivity contribution in [3.63, 3.8) is 0 Å². The van der Waals surface area contributed by atoms with Gasteiger partial charge < -0.3 is 10.8 Å². The Balaban J connectivity index is 1.86. The molecule has 1 aliphatic carbocycles. The highest BCUT2D eigenvalue weighted by molar-refractivity contribution is 14.1. The molecule has 0 bridgehead atoms. The fourth-order valence-corrected chi connectivity index (χ4v) is 4.12. The summed E-state index contributed by atoms with van der Waals surface area (Å²) in [5, 5.41) is 17.8. The monoisotopic (exact) mass is 384 g/mol. The van der Waals surface area contributed by atoms with Crippen LogP contribution in [0.4, 0.5) is 5.69 Å². The van der Waals surface area contributed by atoms with Crippen molar-refractivity contribution in [1.82, 2.24) is 15.0 Å². The van der Waals surface area contributed by atoms with Crippen LogP contribution in [-0.4, -0.2) is 30.6 Å². The minimum atomic E-state index is 0.253. The minimum Gasteiger partial charge on any atom is -0.398 e. The number of aliphatic hydroxyl groups excluding tert-OH is 1. The lowest BCUT2D eigenvalue weighted by atomic mass is 10.1. The maximum atomic E-state index is 9.30. The maximum absolute atomic E-state index is 9.30. The number of rotatable bonds is 3. The number of nitrogens with zero attached hydrogens (tertiary/aromatic N) is 3. The standard InChI is InChI=1S/C14H17IN4O/c15-11-5-9(8-20)6-14(11)19-7-13(17-18-19)10-3-1-2-4-12(10)16/h1-4,7,9,11,14,20H,5-6,8,16H2/t9-,11-,14-/m0/s1. The number of hydrogen-bond donors (Lipinski definition) is 2. The maximum Gasteiger partial charge on any atom is 0.115 e. The first-order valence-corrected chi connectivity index (χ1v) is 7.95. The van der Waals surface area contributed by atoms with Gasteiger partial charge in [0, 0.05) is 21.8 Å². The number of nitrogens with two attached hydrogens (primary N) is 1. The van der Waals surface area contributed by atoms with E-state index in [1.165, 1.54) is 0 Å². The lowest BCUT2D eigenvalue weighted by Crippen LogP contribution is -2.14. The molecule has 5 nitrogen and oxygen atoms in total. The van der Waals surface area contributed by atoms with Gasteiger partial charge in [0.1, 0.15) is 5.69 Å². The Labute approximate surface area is 131 Å². The fourth-order valence-electron chi connectivity index (χ4n) is 2.78. The van der Waals surface area contributed by atoms with E-state index in [1.807, 2.05) is 35.1 Å². The molecule has 3 atom stereocenters. The van der Waals surface area contributed by atoms with Gasteiger partial charge in [-0.05, 0) is 24.8 Å². The van der Waals surface area contributed by atoms with Crippen molar-refractivity contribution in [1.29, 1.82) is 0 Å². The molecule has 0 amide bonds. The van der Waals surface area contributed by atoms with Crippen LogP contribution in [-0.2, 0) is 0 Å². The van der Waals surface area contributed by atoms with E-state index >= 15 is 0 Å². The predicted octanol–water partition coefficient (Wildman–Crippen LogP) is 2.27. The van der Waals surface area contributed by atoms with Gasteiger partial charge in [0.15, 0.2) is 0 Å². The second-order valence-corrected chi connectivity index (χ2v) is 6.87. The molecule has 0 aliphatic heterocycles. The van der Waals surface area contributed by atoms with E-state index in [1.54, 1.807) is 0 Å². The zero-order valence-corrected chi connectivity index (χ0v) is 13.1. The average molecular weight is 384 g/mol. The first kappa shape index (κ1) is 13.8. The molecular formula is C14H17IN4O. The first-order chi connectivity index (χ1) is 9.69. The van der Waals surface area contributed by atoms with Crippen molar-refractivity contribution >= 4 is 28.3 Å². The van der Waals surface area contributed by atoms with Gasteiger partial charge in [-0.15, -0.1) is 5.10 Å². The molecule has 1 aliphatic rings. The Morgan fingerprint density at radius 3 is 2.85 bits per heavy atom. The van der Waals surface area contributed by atoms with Crippen molar-refractivity contribution in [3.8, 4) is 11.3 Å². The molecular weight excluding hydrogens is 367 g/mol. The number of para-hydroxylation sites is 1. The van der Waals surface area contributed by atoms with Gasteiger partial charge in [-0.2, -0.15) is 0 Å². The van der Waals surface area contributed by atoms with Crippen LogP contribution in [0.25, 0.3) is 11.3 Å². The topological polar surface area (TPSA) is 77.0 Å². The second kappa shape index (κ2) is 5.69. The van der Waals surface area contributed by atoms with Crippen LogP contribution >= 0.6 is 22.6 Å². The average Bonchev–Trinajstić information content (AvgIpc) is 3.05. The zero-order valence-electron chi connectivity index (χ0n) is 11.0. The molecule has 3 rings (SSSR count). The van der Waals surface area contributed by atoms with Gasteiger partial charge in [-0.3, -0.25) is 0 Å². The van der Waals surface area contributed by atoms with Crippen molar-refractivity contribution in [3.05, 3.63) is 30.5 Å². The summed E-state index contributed by atoms with van der Waals surface area (Å²) in [4.78, 5) is 0. The minimum absolute atomic E-state index is 0.253. The Hall–Kier alpha value is -1.15. The Morgan fingerprint density at radius 2 is 2.15 bits per heavy atom. The summed E-state index contributed by atoms with van der Waals surface area (Å²) in [5.41, 5.74) is 8.41. The molecule has 1 fully saturated rings. The number of aliphatic hydroxyl groups is 1. The summed E-state index contributed by atoms with van der Waals surface area (Å²) in [6.07, 6.45) is 3.95. The first-order valence-electron chi connectivity index (χ1n) is 6.70. The molecule has 0 unspecified atom stereocenters. The van der Waals surface area contributed by atoms with E-state index in [9.17, 15) is 5.11 Å². The normalized spacial score (nSPS) is 26.0. The zero-order chi connectivity index (χ0) is 14.1. The molecule has 1 saturated carbocycles. The lowest BCUT2D eigenvalue weighted by molar-refractivity contribution is 0.225. The highest BCUT2D eigenvalue weighted by Crippen LogP contribution is 2.39. The van der Waals surface area contributed by atoms with E-state index < -0.39 is 0 Å². The smallest absolute Gasteiger partial charge is 0.115 e. The van der Waals surface area contributed by atoms with Gasteiger partial charge in [0.05, 0.1) is 12.2 Å². The quantitative estimate of drug-likeness (QED) is 0.484. The number of hydrogen-bond acceptors (Lipinski definition) is 4. The van der Waals surface area contributed by atoms with Crippen LogP contribution in [0, 0.1) is 5.92 Å². The molecule has 6 heteroatoms. The summed E-state index contributed by atoms with van der Waals surface area (Å²) >= 11 is 2.44. The number of anilines is 1. The van der Waals surface area contributed by atoms with Crippen molar-refractivity contribution in [2.24, 2.45) is 5.92 Å². The van der Waals surface area contributed by atoms with E-state index in [2.05, 4.69) is 32.9 Å². The lowest BCUT2D eigenvalue weighted by Gasteiger charge is -2.13. The molecule has 1 heterocycles. The van der Waals surface area contributed by atoms with Crippen LogP contribution in [0.3, 0.4) is 0 Å². The second-order valence-electron chi connectivity index (χ2n) is 5.27. The van der Waals surface area contributed by atoms with Crippen molar-refractivity contribution in [2.75, 3.05) is 12.3 Å². The molecule has 1 aromatic carbocycles. The van der Waals surface area contributed by atoms with Gasteiger partial charge in [-0.25, -0.2) is 4.68 Å². The number of nitrogen functional groups attached to an aromatic ring is 1. The van der Waals surface area contributed by atoms with Gasteiger partial charge in [0.25, 0.3) is 0 Å². The van der Waals surface area contributed by atoms with Gasteiger partial charge in [-0.1, -0.05) is 46.0 Å². The van der Waals surface area contributed by atoms with Crippen LogP contribution in [0.2, 0.25) is 0 Å². The van der Waals surface area contributed by atoms with E-state index in [-0.39, 0.29) is 6.61 Å². The van der Waals surface area contributed by atoms with Crippen LogP contribution < -0.4 is 5.73 Å². The van der Waals surface area contributed by atoms with Crippen LogP contribution in [0.5, 0.6) is 0 Å². The molecule has 1 aromatic heterocycles. The molecule has 20 heavy (non-hydrogen) atoms. The summed E-state index contributed by atoms with van der Waals surface area (Å²) in [6, 6.07) is 7.98. The molecule has 0 radical (unpaired) electrons. The molecule has 106 valence electrons. The van der Waals surface area contributed by atoms with Crippen LogP contribution in [0.1, 0.15) is 18.9 Å². The summed E-state index contributed by atoms with van der Waals surface area (Å²) in [5.74, 6) is 0.372. The van der Waals surface area contributed by atoms with Crippen molar-refractivity contribution < 1.29 is 5.11 Å². The molecule has 2 aromatic rings. The third-order valence-corrected chi connectivity index (χ3v) is 5.23. The number of benzene rings is 1. The SMILES string of the molecule is Nc1ccccc1-c1cn([C@H]2C[C@@H](CO)C[C@@H]2I)nn1. The summed E-state index contributed by atoms with van der Waals surface area (Å²) in [7, 11) is 0. The number of aromatic nitrogens is 3. The van der Waals surface area contributed by atoms with E-state index in [0.29, 0.717) is 21.6 Å². The predicted molar refractivity (Wildman–Crippen MR) is 86.5 cm³/mol. The summed E-state index contributed by atoms with van der Waals surface area (Å²) in [6.45, 7) is 0.253. The number of halogens is 1. The van der Waals surface area contributed by atoms with Crippen molar-refractivity contribution in [2.45, 2.75) is 22.8 Å². The largest absolute Gasteiger partial charge is 0.398 e. The Morgan fingerprint density at radius 1 is 1.35 bits per heavy atom. The third-order valence-electron chi connectivity index (χ3n) is 3.90.